The molecular formula is C43H58N2O12. The molecule has 0 unspecified atom stereocenters. The molecule has 0 saturated carbocycles. The van der Waals surface area contributed by atoms with Crippen molar-refractivity contribution in [3.63, 3.8) is 0 Å². The first kappa shape index (κ1) is 47.4. The minimum absolute atomic E-state index is 0.112. The number of ether oxygens (including phenoxy) is 6. The number of ketones is 1. The van der Waals surface area contributed by atoms with Gasteiger partial charge >= 0.3 is 24.1 Å². The third-order valence-electron chi connectivity index (χ3n) is 8.25. The quantitative estimate of drug-likeness (QED) is 0.0460. The van der Waals surface area contributed by atoms with Gasteiger partial charge in [0.05, 0.1) is 14.2 Å². The highest BCUT2D eigenvalue weighted by atomic mass is 16.6. The molecule has 2 amide bonds. The molecular weight excluding hydrogens is 736 g/mol. The van der Waals surface area contributed by atoms with Gasteiger partial charge in [0, 0.05) is 6.08 Å². The second kappa shape index (κ2) is 21.5. The third-order valence-corrected chi connectivity index (χ3v) is 8.25. The van der Waals surface area contributed by atoms with Crippen molar-refractivity contribution in [2.75, 3.05) is 14.2 Å². The van der Waals surface area contributed by atoms with Crippen LogP contribution in [0.4, 0.5) is 9.59 Å². The summed E-state index contributed by atoms with van der Waals surface area (Å²) in [6.07, 6.45) is 6.29. The number of benzene rings is 2. The molecule has 14 heteroatoms. The number of carbonyl (C=O) groups excluding carboxylic acids is 5. The first-order valence-corrected chi connectivity index (χ1v) is 18.7. The van der Waals surface area contributed by atoms with Gasteiger partial charge in [-0.05, 0) is 101 Å². The highest BCUT2D eigenvalue weighted by Crippen LogP contribution is 2.31. The van der Waals surface area contributed by atoms with Gasteiger partial charge in [0.15, 0.2) is 28.8 Å². The average molecular weight is 795 g/mol. The van der Waals surface area contributed by atoms with Crippen LogP contribution in [0.2, 0.25) is 0 Å². The zero-order valence-corrected chi connectivity index (χ0v) is 35.0. The highest BCUT2D eigenvalue weighted by molar-refractivity contribution is 6.02. The Kier molecular flexibility index (Phi) is 17.9. The molecule has 312 valence electrons. The van der Waals surface area contributed by atoms with Gasteiger partial charge in [0.25, 0.3) is 0 Å². The lowest BCUT2D eigenvalue weighted by molar-refractivity contribution is -0.139. The smallest absolute Gasteiger partial charge is 0.408 e. The summed E-state index contributed by atoms with van der Waals surface area (Å²) in [5, 5.41) is 15.6. The molecule has 14 nitrogen and oxygen atoms in total. The van der Waals surface area contributed by atoms with Crippen LogP contribution in [0.1, 0.15) is 93.2 Å². The van der Waals surface area contributed by atoms with Gasteiger partial charge in [-0.15, -0.1) is 0 Å². The molecule has 0 heterocycles. The first-order valence-electron chi connectivity index (χ1n) is 18.7. The summed E-state index contributed by atoms with van der Waals surface area (Å²) in [7, 11) is 2.80. The molecule has 0 aromatic heterocycles. The molecule has 3 N–H and O–H groups in total. The number of esters is 2. The number of alkyl carbamates (subject to hydrolysis) is 2. The molecule has 4 atom stereocenters. The Hall–Kier alpha value is -5.79. The number of hydrogen-bond donors (Lipinski definition) is 3. The summed E-state index contributed by atoms with van der Waals surface area (Å²) in [6, 6.07) is 7.42. The number of aliphatic hydroxyl groups is 1. The summed E-state index contributed by atoms with van der Waals surface area (Å²) in [5.74, 6) is -2.09. The Labute approximate surface area is 335 Å². The van der Waals surface area contributed by atoms with E-state index in [4.69, 9.17) is 28.4 Å². The summed E-state index contributed by atoms with van der Waals surface area (Å²) in [5.41, 5.74) is -0.399. The molecule has 0 fully saturated rings. The van der Waals surface area contributed by atoms with E-state index in [-0.39, 0.29) is 40.6 Å². The van der Waals surface area contributed by atoms with Crippen LogP contribution < -0.4 is 29.6 Å². The standard InChI is InChI=1S/C43H58N2O12/c1-13-26(3)36(44-40(50)56-42(5,6)7)38(48)54-32-21-17-28(23-34(32)52-11)15-19-30(46)25-31(47)20-16-29-18-22-33(35(24-29)53-12)55-39(49)37(27(4)14-2)45-41(51)57-43(8,9)10/h15-27,36-37,46H,13-14H2,1-12H3,(H,44,50)(H,45,51)/b19-15+,20-16+,30-25?/t26-,27-,36-,37-/m0/s1. The van der Waals surface area contributed by atoms with Gasteiger partial charge in [0.2, 0.25) is 0 Å². The van der Waals surface area contributed by atoms with Crippen molar-refractivity contribution in [3.8, 4) is 23.0 Å². The van der Waals surface area contributed by atoms with Crippen LogP contribution in [0.3, 0.4) is 0 Å². The molecule has 0 spiro atoms. The number of rotatable bonds is 17. The van der Waals surface area contributed by atoms with E-state index in [1.807, 2.05) is 27.7 Å². The van der Waals surface area contributed by atoms with Crippen molar-refractivity contribution in [2.45, 2.75) is 105 Å². The second-order valence-corrected chi connectivity index (χ2v) is 15.3. The number of carbonyl (C=O) groups is 5. The minimum Gasteiger partial charge on any atom is -0.508 e. The van der Waals surface area contributed by atoms with E-state index in [1.165, 1.54) is 50.7 Å². The number of aliphatic hydroxyl groups excluding tert-OH is 1. The third kappa shape index (κ3) is 16.5. The molecule has 2 aromatic rings. The number of allylic oxidation sites excluding steroid dienone is 3. The molecule has 0 bridgehead atoms. The maximum Gasteiger partial charge on any atom is 0.408 e. The number of nitrogens with one attached hydrogen (secondary N) is 2. The zero-order valence-electron chi connectivity index (χ0n) is 35.0. The van der Waals surface area contributed by atoms with Gasteiger partial charge in [-0.25, -0.2) is 19.2 Å². The lowest BCUT2D eigenvalue weighted by atomic mass is 9.99. The van der Waals surface area contributed by atoms with Crippen LogP contribution >= 0.6 is 0 Å². The predicted molar refractivity (Wildman–Crippen MR) is 216 cm³/mol. The van der Waals surface area contributed by atoms with E-state index in [2.05, 4.69) is 10.6 Å². The normalized spacial score (nSPS) is 14.2. The zero-order chi connectivity index (χ0) is 43.1. The van der Waals surface area contributed by atoms with E-state index in [0.29, 0.717) is 24.0 Å². The van der Waals surface area contributed by atoms with Crippen molar-refractivity contribution in [1.29, 1.82) is 0 Å². The maximum atomic E-state index is 13.1. The summed E-state index contributed by atoms with van der Waals surface area (Å²) in [4.78, 5) is 63.8. The largest absolute Gasteiger partial charge is 0.508 e. The predicted octanol–water partition coefficient (Wildman–Crippen LogP) is 8.13. The monoisotopic (exact) mass is 794 g/mol. The number of methoxy groups -OCH3 is 2. The Bertz CT molecular complexity index is 1820. The summed E-state index contributed by atoms with van der Waals surface area (Å²) >= 11 is 0. The fraction of sp³-hybridized carbons (Fsp3) is 0.465. The molecule has 0 aliphatic heterocycles. The maximum absolute atomic E-state index is 13.1. The highest BCUT2D eigenvalue weighted by Gasteiger charge is 2.32. The van der Waals surface area contributed by atoms with Crippen molar-refractivity contribution in [1.82, 2.24) is 10.6 Å². The minimum atomic E-state index is -0.977. The topological polar surface area (TPSA) is 185 Å². The van der Waals surface area contributed by atoms with Gasteiger partial charge < -0.3 is 44.2 Å². The number of hydrogen-bond acceptors (Lipinski definition) is 12. The lowest BCUT2D eigenvalue weighted by Crippen LogP contribution is -2.48. The van der Waals surface area contributed by atoms with E-state index in [0.717, 1.165) is 6.08 Å². The first-order chi connectivity index (χ1) is 26.6. The fourth-order valence-electron chi connectivity index (χ4n) is 4.90. The molecule has 0 aliphatic carbocycles. The van der Waals surface area contributed by atoms with Crippen LogP contribution in [-0.2, 0) is 23.9 Å². The molecule has 0 radical (unpaired) electrons. The molecule has 2 rings (SSSR count). The van der Waals surface area contributed by atoms with E-state index in [1.54, 1.807) is 65.8 Å². The SMILES string of the molecule is CC[C@H](C)[C@H](NC(=O)OC(C)(C)C)C(=O)Oc1ccc(/C=C/C(=O)C=C(O)/C=C/c2ccc(OC(=O)[C@@H](NC(=O)OC(C)(C)C)[C@@H](C)CC)c(OC)c2)cc1OC. The Morgan fingerprint density at radius 2 is 1.04 bits per heavy atom. The fourth-order valence-corrected chi connectivity index (χ4v) is 4.90. The van der Waals surface area contributed by atoms with E-state index >= 15 is 0 Å². The van der Waals surface area contributed by atoms with Gasteiger partial charge in [-0.1, -0.05) is 64.8 Å². The van der Waals surface area contributed by atoms with Gasteiger partial charge in [-0.3, -0.25) is 4.79 Å². The van der Waals surface area contributed by atoms with Crippen molar-refractivity contribution in [3.05, 3.63) is 71.5 Å². The molecule has 0 saturated heterocycles. The van der Waals surface area contributed by atoms with Gasteiger partial charge in [0.1, 0.15) is 29.0 Å². The Balaban J connectivity index is 2.13. The van der Waals surface area contributed by atoms with Crippen LogP contribution in [0.25, 0.3) is 12.2 Å². The summed E-state index contributed by atoms with van der Waals surface area (Å²) in [6.45, 7) is 17.7. The molecule has 57 heavy (non-hydrogen) atoms. The van der Waals surface area contributed by atoms with Crippen molar-refractivity contribution >= 4 is 42.1 Å². The van der Waals surface area contributed by atoms with E-state index in [9.17, 15) is 29.1 Å². The van der Waals surface area contributed by atoms with Crippen molar-refractivity contribution in [2.24, 2.45) is 11.8 Å². The molecule has 0 aliphatic rings. The van der Waals surface area contributed by atoms with Crippen LogP contribution in [0.15, 0.2) is 60.4 Å². The Morgan fingerprint density at radius 3 is 1.39 bits per heavy atom. The van der Waals surface area contributed by atoms with Crippen LogP contribution in [0, 0.1) is 11.8 Å². The average Bonchev–Trinajstić information content (AvgIpc) is 3.12. The van der Waals surface area contributed by atoms with Crippen molar-refractivity contribution < 1.29 is 57.5 Å². The molecule has 2 aromatic carbocycles. The van der Waals surface area contributed by atoms with Crippen LogP contribution in [-0.4, -0.2) is 72.5 Å². The Morgan fingerprint density at radius 1 is 0.649 bits per heavy atom. The lowest BCUT2D eigenvalue weighted by Gasteiger charge is -2.25. The summed E-state index contributed by atoms with van der Waals surface area (Å²) < 4.78 is 32.7. The number of amides is 2. The van der Waals surface area contributed by atoms with Crippen LogP contribution in [0.5, 0.6) is 23.0 Å². The van der Waals surface area contributed by atoms with Gasteiger partial charge in [-0.2, -0.15) is 0 Å². The van der Waals surface area contributed by atoms with E-state index < -0.39 is 53.2 Å². The second-order valence-electron chi connectivity index (χ2n) is 15.3.